The molecule has 0 aliphatic rings. The molecule has 8 aromatic carbocycles. The highest BCUT2D eigenvalue weighted by Crippen LogP contribution is 2.49. The van der Waals surface area contributed by atoms with E-state index in [-0.39, 0.29) is 0 Å². The van der Waals surface area contributed by atoms with E-state index < -0.39 is 0 Å². The maximum atomic E-state index is 5.63. The molecular formula is C48H27N3S2. The Morgan fingerprint density at radius 1 is 0.377 bits per heavy atom. The fourth-order valence-corrected chi connectivity index (χ4v) is 10.9. The number of nitrogens with zero attached hydrogens (tertiary/aromatic N) is 3. The van der Waals surface area contributed by atoms with Crippen LogP contribution >= 0.6 is 22.7 Å². The first-order valence-electron chi connectivity index (χ1n) is 17.8. The molecule has 0 radical (unpaired) electrons. The van der Waals surface area contributed by atoms with Crippen molar-refractivity contribution in [2.24, 2.45) is 0 Å². The zero-order valence-electron chi connectivity index (χ0n) is 28.2. The van der Waals surface area contributed by atoms with Gasteiger partial charge < -0.3 is 0 Å². The lowest BCUT2D eigenvalue weighted by molar-refractivity contribution is 1.02. The minimum Gasteiger partial charge on any atom is -0.276 e. The largest absolute Gasteiger partial charge is 0.276 e. The Morgan fingerprint density at radius 2 is 0.962 bits per heavy atom. The summed E-state index contributed by atoms with van der Waals surface area (Å²) >= 11 is 3.64. The monoisotopic (exact) mass is 709 g/mol. The molecule has 0 aliphatic heterocycles. The van der Waals surface area contributed by atoms with Gasteiger partial charge in [-0.3, -0.25) is 4.57 Å². The summed E-state index contributed by atoms with van der Waals surface area (Å²) in [4.78, 5) is 11.2. The lowest BCUT2D eigenvalue weighted by atomic mass is 9.98. The van der Waals surface area contributed by atoms with Crippen LogP contribution in [-0.4, -0.2) is 14.5 Å². The first kappa shape index (κ1) is 29.2. The van der Waals surface area contributed by atoms with Gasteiger partial charge in [-0.15, -0.1) is 22.7 Å². The van der Waals surface area contributed by atoms with Gasteiger partial charge in [0.1, 0.15) is 0 Å². The van der Waals surface area contributed by atoms with Gasteiger partial charge in [0.15, 0.2) is 0 Å². The highest BCUT2D eigenvalue weighted by Gasteiger charge is 2.25. The zero-order valence-corrected chi connectivity index (χ0v) is 29.9. The third-order valence-electron chi connectivity index (χ3n) is 10.8. The van der Waals surface area contributed by atoms with Crippen molar-refractivity contribution in [1.82, 2.24) is 14.5 Å². The Morgan fingerprint density at radius 3 is 1.75 bits per heavy atom. The van der Waals surface area contributed by atoms with Gasteiger partial charge >= 0.3 is 0 Å². The van der Waals surface area contributed by atoms with E-state index in [1.54, 1.807) is 11.3 Å². The molecule has 0 bridgehead atoms. The molecule has 4 heterocycles. The van der Waals surface area contributed by atoms with E-state index >= 15 is 0 Å². The minimum atomic E-state index is 0.688. The van der Waals surface area contributed by atoms with Crippen molar-refractivity contribution in [3.8, 4) is 28.3 Å². The lowest BCUT2D eigenvalue weighted by Gasteiger charge is -2.12. The topological polar surface area (TPSA) is 30.7 Å². The van der Waals surface area contributed by atoms with E-state index in [1.165, 1.54) is 68.3 Å². The average molecular weight is 710 g/mol. The summed E-state index contributed by atoms with van der Waals surface area (Å²) < 4.78 is 7.24. The normalized spacial score (nSPS) is 12.2. The van der Waals surface area contributed by atoms with E-state index in [0.717, 1.165) is 37.9 Å². The van der Waals surface area contributed by atoms with Crippen LogP contribution in [0.2, 0.25) is 0 Å². The fraction of sp³-hybridized carbons (Fsp3) is 0. The van der Waals surface area contributed by atoms with Crippen LogP contribution in [-0.2, 0) is 0 Å². The number of rotatable bonds is 3. The van der Waals surface area contributed by atoms with Crippen molar-refractivity contribution in [2.45, 2.75) is 0 Å². The molecule has 0 unspecified atom stereocenters. The third-order valence-corrected chi connectivity index (χ3v) is 13.1. The molecule has 0 N–H and O–H groups in total. The second kappa shape index (κ2) is 11.1. The van der Waals surface area contributed by atoms with Crippen LogP contribution in [0, 0.1) is 0 Å². The number of benzene rings is 8. The van der Waals surface area contributed by atoms with Gasteiger partial charge in [0.05, 0.1) is 31.6 Å². The molecule has 12 aromatic rings. The Bertz CT molecular complexity index is 3440. The van der Waals surface area contributed by atoms with Gasteiger partial charge in [0.25, 0.3) is 0 Å². The van der Waals surface area contributed by atoms with Crippen molar-refractivity contribution in [2.75, 3.05) is 0 Å². The van der Waals surface area contributed by atoms with Gasteiger partial charge in [0, 0.05) is 47.3 Å². The van der Waals surface area contributed by atoms with Crippen LogP contribution in [0.1, 0.15) is 0 Å². The van der Waals surface area contributed by atoms with Crippen LogP contribution in [0.5, 0.6) is 0 Å². The second-order valence-electron chi connectivity index (χ2n) is 13.7. The number of thiophene rings is 2. The molecule has 3 nitrogen and oxygen atoms in total. The van der Waals surface area contributed by atoms with Gasteiger partial charge in [-0.25, -0.2) is 9.97 Å². The molecular weight excluding hydrogens is 683 g/mol. The predicted octanol–water partition coefficient (Wildman–Crippen LogP) is 13.9. The molecule has 0 spiro atoms. The summed E-state index contributed by atoms with van der Waals surface area (Å²) in [6.45, 7) is 0. The molecule has 0 saturated heterocycles. The van der Waals surface area contributed by atoms with Gasteiger partial charge in [-0.2, -0.15) is 0 Å². The van der Waals surface area contributed by atoms with E-state index in [4.69, 9.17) is 9.97 Å². The maximum absolute atomic E-state index is 5.63. The minimum absolute atomic E-state index is 0.688. The maximum Gasteiger partial charge on any atom is 0.235 e. The second-order valence-corrected chi connectivity index (χ2v) is 15.8. The molecule has 246 valence electrons. The summed E-state index contributed by atoms with van der Waals surface area (Å²) in [7, 11) is 0. The van der Waals surface area contributed by atoms with Crippen LogP contribution < -0.4 is 0 Å². The standard InChI is InChI=1S/C48H27N3S2/c1-2-12-28(13-3-1)29-22-24-31(25-23-29)42-47-43(36-19-9-11-21-39(36)53-47)50-48(49-42)51-44-32-15-5-4-14-30(32)26-27-37(44)40-33-16-6-7-17-34(33)41-35-18-8-10-20-38(35)52-46(41)45(40)51/h1-27H. The summed E-state index contributed by atoms with van der Waals surface area (Å²) in [5, 5.41) is 11.1. The van der Waals surface area contributed by atoms with Crippen molar-refractivity contribution in [3.63, 3.8) is 0 Å². The van der Waals surface area contributed by atoms with Gasteiger partial charge in [-0.1, -0.05) is 152 Å². The van der Waals surface area contributed by atoms with Crippen molar-refractivity contribution in [1.29, 1.82) is 0 Å². The van der Waals surface area contributed by atoms with Crippen LogP contribution in [0.3, 0.4) is 0 Å². The van der Waals surface area contributed by atoms with Crippen molar-refractivity contribution < 1.29 is 0 Å². The Balaban J connectivity index is 1.28. The first-order chi connectivity index (χ1) is 26.3. The van der Waals surface area contributed by atoms with E-state index in [0.29, 0.717) is 5.95 Å². The van der Waals surface area contributed by atoms with E-state index in [1.807, 2.05) is 11.3 Å². The molecule has 0 fully saturated rings. The number of hydrogen-bond acceptors (Lipinski definition) is 4. The molecule has 0 amide bonds. The number of hydrogen-bond donors (Lipinski definition) is 0. The summed E-state index contributed by atoms with van der Waals surface area (Å²) in [6, 6.07) is 59.1. The predicted molar refractivity (Wildman–Crippen MR) is 228 cm³/mol. The summed E-state index contributed by atoms with van der Waals surface area (Å²) in [6.07, 6.45) is 0. The number of fused-ring (bicyclic) bond motifs is 15. The smallest absolute Gasteiger partial charge is 0.235 e. The Labute approximate surface area is 311 Å². The summed E-state index contributed by atoms with van der Waals surface area (Å²) in [5.74, 6) is 0.688. The first-order valence-corrected chi connectivity index (χ1v) is 19.5. The zero-order chi connectivity index (χ0) is 34.6. The molecule has 4 aromatic heterocycles. The van der Waals surface area contributed by atoms with Crippen LogP contribution in [0.4, 0.5) is 0 Å². The molecule has 0 saturated carbocycles. The van der Waals surface area contributed by atoms with Gasteiger partial charge in [0.2, 0.25) is 5.95 Å². The molecule has 0 aliphatic carbocycles. The van der Waals surface area contributed by atoms with Crippen LogP contribution in [0.15, 0.2) is 164 Å². The summed E-state index contributed by atoms with van der Waals surface area (Å²) in [5.41, 5.74) is 7.70. The Kier molecular flexibility index (Phi) is 6.09. The average Bonchev–Trinajstić information content (AvgIpc) is 3.91. The highest BCUT2D eigenvalue weighted by atomic mass is 32.1. The fourth-order valence-electron chi connectivity index (χ4n) is 8.46. The molecule has 5 heteroatoms. The SMILES string of the molecule is c1ccc(-c2ccc(-c3nc(-n4c5c6ccccc6ccc5c5c6ccccc6c6c7ccccc7sc6c54)nc4c3sc3ccccc34)cc2)cc1. The number of aromatic nitrogens is 3. The quantitative estimate of drug-likeness (QED) is 0.183. The van der Waals surface area contributed by atoms with E-state index in [9.17, 15) is 0 Å². The van der Waals surface area contributed by atoms with E-state index in [2.05, 4.69) is 168 Å². The molecule has 53 heavy (non-hydrogen) atoms. The molecule has 12 rings (SSSR count). The van der Waals surface area contributed by atoms with Gasteiger partial charge in [-0.05, 0) is 39.4 Å². The molecule has 0 atom stereocenters. The highest BCUT2D eigenvalue weighted by molar-refractivity contribution is 7.27. The van der Waals surface area contributed by atoms with Crippen molar-refractivity contribution in [3.05, 3.63) is 164 Å². The van der Waals surface area contributed by atoms with Crippen molar-refractivity contribution >= 4 is 106 Å². The van der Waals surface area contributed by atoms with Crippen LogP contribution in [0.25, 0.3) is 112 Å². The third kappa shape index (κ3) is 4.15. The lowest BCUT2D eigenvalue weighted by Crippen LogP contribution is -2.03. The Hall–Kier alpha value is -6.40.